The second-order valence-electron chi connectivity index (χ2n) is 6.68. The molecule has 0 atom stereocenters. The topological polar surface area (TPSA) is 39.2 Å². The minimum Gasteiger partial charge on any atom is -0.462 e. The molecule has 0 amide bonds. The molecule has 136 valence electrons. The van der Waals surface area contributed by atoms with Gasteiger partial charge in [-0.15, -0.1) is 0 Å². The number of nitrogens with zero attached hydrogens (tertiary/aromatic N) is 1. The Morgan fingerprint density at radius 2 is 1.78 bits per heavy atom. The predicted molar refractivity (Wildman–Crippen MR) is 103 cm³/mol. The van der Waals surface area contributed by atoms with E-state index in [9.17, 15) is 9.18 Å². The summed E-state index contributed by atoms with van der Waals surface area (Å²) >= 11 is 0. The van der Waals surface area contributed by atoms with E-state index in [0.717, 1.165) is 40.9 Å². The third-order valence-electron chi connectivity index (χ3n) is 4.72. The Balaban J connectivity index is 1.95. The van der Waals surface area contributed by atoms with Crippen LogP contribution in [0.25, 0.3) is 22.4 Å². The third-order valence-corrected chi connectivity index (χ3v) is 4.72. The molecule has 1 saturated carbocycles. The van der Waals surface area contributed by atoms with Crippen LogP contribution in [0.1, 0.15) is 41.7 Å². The van der Waals surface area contributed by atoms with E-state index in [0.29, 0.717) is 12.2 Å². The SMILES string of the molecule is CCOC(=O)c1c(-c2ccc(F)cc2)cc(-c2ccccc2)nc1C1CC1. The number of esters is 1. The van der Waals surface area contributed by atoms with E-state index in [1.54, 1.807) is 19.1 Å². The Labute approximate surface area is 157 Å². The van der Waals surface area contributed by atoms with Gasteiger partial charge in [0.1, 0.15) is 5.82 Å². The van der Waals surface area contributed by atoms with Crippen LogP contribution in [0, 0.1) is 5.82 Å². The molecule has 4 heteroatoms. The van der Waals surface area contributed by atoms with Crippen molar-refractivity contribution in [2.75, 3.05) is 6.61 Å². The lowest BCUT2D eigenvalue weighted by molar-refractivity contribution is 0.0525. The normalized spacial score (nSPS) is 13.4. The minimum atomic E-state index is -0.370. The first-order chi connectivity index (χ1) is 13.2. The summed E-state index contributed by atoms with van der Waals surface area (Å²) in [4.78, 5) is 17.6. The molecule has 0 spiro atoms. The third kappa shape index (κ3) is 3.61. The molecule has 2 aromatic carbocycles. The smallest absolute Gasteiger partial charge is 0.340 e. The first-order valence-electron chi connectivity index (χ1n) is 9.20. The van der Waals surface area contributed by atoms with Gasteiger partial charge >= 0.3 is 5.97 Å². The second-order valence-corrected chi connectivity index (χ2v) is 6.68. The molecule has 0 N–H and O–H groups in total. The van der Waals surface area contributed by atoms with Crippen LogP contribution in [0.3, 0.4) is 0 Å². The average Bonchev–Trinajstić information content (AvgIpc) is 3.54. The fourth-order valence-electron chi connectivity index (χ4n) is 3.25. The van der Waals surface area contributed by atoms with Gasteiger partial charge < -0.3 is 4.74 Å². The van der Waals surface area contributed by atoms with Gasteiger partial charge in [-0.1, -0.05) is 42.5 Å². The highest BCUT2D eigenvalue weighted by Crippen LogP contribution is 2.44. The van der Waals surface area contributed by atoms with E-state index >= 15 is 0 Å². The Morgan fingerprint density at radius 3 is 2.41 bits per heavy atom. The van der Waals surface area contributed by atoms with Crippen molar-refractivity contribution in [1.29, 1.82) is 0 Å². The lowest BCUT2D eigenvalue weighted by Gasteiger charge is -2.16. The van der Waals surface area contributed by atoms with Crippen molar-refractivity contribution in [3.63, 3.8) is 0 Å². The predicted octanol–water partition coefficient (Wildman–Crippen LogP) is 5.61. The summed E-state index contributed by atoms with van der Waals surface area (Å²) in [6.07, 6.45) is 2.03. The first-order valence-corrected chi connectivity index (χ1v) is 9.20. The fourth-order valence-corrected chi connectivity index (χ4v) is 3.25. The molecule has 0 bridgehead atoms. The second kappa shape index (κ2) is 7.31. The number of ether oxygens (including phenoxy) is 1. The van der Waals surface area contributed by atoms with Gasteiger partial charge in [0.25, 0.3) is 0 Å². The molecule has 0 aliphatic heterocycles. The molecule has 0 unspecified atom stereocenters. The van der Waals surface area contributed by atoms with Crippen LogP contribution < -0.4 is 0 Å². The number of carbonyl (C=O) groups excluding carboxylic acids is 1. The zero-order valence-corrected chi connectivity index (χ0v) is 15.1. The van der Waals surface area contributed by atoms with Crippen LogP contribution in [0.4, 0.5) is 4.39 Å². The molecule has 1 aromatic heterocycles. The highest BCUT2D eigenvalue weighted by molar-refractivity contribution is 5.99. The molecule has 1 fully saturated rings. The number of halogens is 1. The zero-order chi connectivity index (χ0) is 18.8. The minimum absolute atomic E-state index is 0.271. The molecule has 1 aliphatic rings. The van der Waals surface area contributed by atoms with Gasteiger partial charge in [0.05, 0.1) is 23.6 Å². The summed E-state index contributed by atoms with van der Waals surface area (Å²) in [5.74, 6) is -0.408. The van der Waals surface area contributed by atoms with Crippen LogP contribution in [0.5, 0.6) is 0 Å². The van der Waals surface area contributed by atoms with E-state index in [1.807, 2.05) is 36.4 Å². The Hall–Kier alpha value is -3.01. The van der Waals surface area contributed by atoms with Crippen molar-refractivity contribution in [3.05, 3.63) is 77.7 Å². The molecule has 0 radical (unpaired) electrons. The molecule has 3 nitrogen and oxygen atoms in total. The summed E-state index contributed by atoms with van der Waals surface area (Å²) in [5, 5.41) is 0. The molecular formula is C23H20FNO2. The van der Waals surface area contributed by atoms with E-state index in [-0.39, 0.29) is 17.7 Å². The van der Waals surface area contributed by atoms with Crippen LogP contribution in [0.15, 0.2) is 60.7 Å². The summed E-state index contributed by atoms with van der Waals surface area (Å²) in [7, 11) is 0. The summed E-state index contributed by atoms with van der Waals surface area (Å²) in [6, 6.07) is 18.0. The summed E-state index contributed by atoms with van der Waals surface area (Å²) < 4.78 is 18.8. The molecule has 1 aliphatic carbocycles. The number of hydrogen-bond acceptors (Lipinski definition) is 3. The quantitative estimate of drug-likeness (QED) is 0.555. The monoisotopic (exact) mass is 361 g/mol. The van der Waals surface area contributed by atoms with Crippen LogP contribution >= 0.6 is 0 Å². The molecule has 1 heterocycles. The molecule has 0 saturated heterocycles. The molecule has 27 heavy (non-hydrogen) atoms. The maximum Gasteiger partial charge on any atom is 0.340 e. The number of rotatable bonds is 5. The number of benzene rings is 2. The Kier molecular flexibility index (Phi) is 4.71. The van der Waals surface area contributed by atoms with Crippen LogP contribution in [-0.4, -0.2) is 17.6 Å². The Morgan fingerprint density at radius 1 is 1.07 bits per heavy atom. The highest BCUT2D eigenvalue weighted by atomic mass is 19.1. The van der Waals surface area contributed by atoms with Crippen LogP contribution in [0.2, 0.25) is 0 Å². The number of pyridine rings is 1. The lowest BCUT2D eigenvalue weighted by Crippen LogP contribution is -2.12. The maximum absolute atomic E-state index is 13.4. The fraction of sp³-hybridized carbons (Fsp3) is 0.217. The largest absolute Gasteiger partial charge is 0.462 e. The van der Waals surface area contributed by atoms with Crippen molar-refractivity contribution >= 4 is 5.97 Å². The number of carbonyl (C=O) groups is 1. The van der Waals surface area contributed by atoms with Crippen LogP contribution in [-0.2, 0) is 4.74 Å². The standard InChI is InChI=1S/C23H20FNO2/c1-2-27-23(26)21-19(15-10-12-18(24)13-11-15)14-20(16-6-4-3-5-7-16)25-22(21)17-8-9-17/h3-7,10-14,17H,2,8-9H2,1H3. The molecular weight excluding hydrogens is 341 g/mol. The summed E-state index contributed by atoms with van der Waals surface area (Å²) in [6.45, 7) is 2.09. The number of aromatic nitrogens is 1. The average molecular weight is 361 g/mol. The number of hydrogen-bond donors (Lipinski definition) is 0. The molecule has 3 aromatic rings. The van der Waals surface area contributed by atoms with Gasteiger partial charge in [-0.25, -0.2) is 9.18 Å². The van der Waals surface area contributed by atoms with Crippen molar-refractivity contribution in [1.82, 2.24) is 4.98 Å². The first kappa shape index (κ1) is 17.4. The summed E-state index contributed by atoms with van der Waals surface area (Å²) in [5.41, 5.74) is 4.60. The molecule has 4 rings (SSSR count). The van der Waals surface area contributed by atoms with Gasteiger partial charge in [-0.2, -0.15) is 0 Å². The van der Waals surface area contributed by atoms with E-state index in [4.69, 9.17) is 9.72 Å². The van der Waals surface area contributed by atoms with Crippen molar-refractivity contribution < 1.29 is 13.9 Å². The van der Waals surface area contributed by atoms with Gasteiger partial charge in [0.15, 0.2) is 0 Å². The highest BCUT2D eigenvalue weighted by Gasteiger charge is 2.33. The Bertz CT molecular complexity index is 964. The maximum atomic E-state index is 13.4. The van der Waals surface area contributed by atoms with Gasteiger partial charge in [0.2, 0.25) is 0 Å². The van der Waals surface area contributed by atoms with Gasteiger partial charge in [-0.05, 0) is 43.5 Å². The lowest BCUT2D eigenvalue weighted by atomic mass is 9.94. The van der Waals surface area contributed by atoms with Gasteiger partial charge in [0, 0.05) is 17.0 Å². The van der Waals surface area contributed by atoms with E-state index < -0.39 is 0 Å². The van der Waals surface area contributed by atoms with Crippen molar-refractivity contribution in [3.8, 4) is 22.4 Å². The van der Waals surface area contributed by atoms with E-state index in [2.05, 4.69) is 0 Å². The van der Waals surface area contributed by atoms with E-state index in [1.165, 1.54) is 12.1 Å². The van der Waals surface area contributed by atoms with Gasteiger partial charge in [-0.3, -0.25) is 4.98 Å². The van der Waals surface area contributed by atoms with Crippen molar-refractivity contribution in [2.45, 2.75) is 25.7 Å². The zero-order valence-electron chi connectivity index (χ0n) is 15.1. The van der Waals surface area contributed by atoms with Crippen molar-refractivity contribution in [2.24, 2.45) is 0 Å².